The van der Waals surface area contributed by atoms with E-state index in [1.54, 1.807) is 0 Å². The fourth-order valence-electron chi connectivity index (χ4n) is 3.90. The number of rotatable bonds is 7. The van der Waals surface area contributed by atoms with Crippen LogP contribution in [0.15, 0.2) is 30.9 Å². The van der Waals surface area contributed by atoms with Gasteiger partial charge in [-0.1, -0.05) is 18.2 Å². The number of carboxylic acids is 1. The van der Waals surface area contributed by atoms with E-state index in [0.717, 1.165) is 16.9 Å². The number of carboxylic acid groups (broad SMARTS) is 1. The van der Waals surface area contributed by atoms with Crippen molar-refractivity contribution < 1.29 is 19.4 Å². The maximum Gasteiger partial charge on any atom is 0.313 e. The monoisotopic (exact) mass is 344 g/mol. The average Bonchev–Trinajstić information content (AvgIpc) is 3.09. The molecule has 2 heterocycles. The first kappa shape index (κ1) is 17.5. The Morgan fingerprint density at radius 2 is 2.36 bits per heavy atom. The Balaban J connectivity index is 1.77. The molecule has 2 N–H and O–H groups in total. The Morgan fingerprint density at radius 1 is 1.56 bits per heavy atom. The summed E-state index contributed by atoms with van der Waals surface area (Å²) >= 11 is 0. The molecule has 2 aliphatic rings. The number of allylic oxidation sites excluding steroid dienone is 1. The third-order valence-electron chi connectivity index (χ3n) is 5.13. The van der Waals surface area contributed by atoms with Crippen molar-refractivity contribution in [1.82, 2.24) is 10.2 Å². The molecule has 2 saturated heterocycles. The van der Waals surface area contributed by atoms with Crippen LogP contribution in [0.2, 0.25) is 0 Å². The zero-order chi connectivity index (χ0) is 18.0. The van der Waals surface area contributed by atoms with Crippen LogP contribution in [0.5, 0.6) is 5.75 Å². The molecule has 0 radical (unpaired) electrons. The van der Waals surface area contributed by atoms with Gasteiger partial charge in [0.1, 0.15) is 11.2 Å². The van der Waals surface area contributed by atoms with Crippen LogP contribution < -0.4 is 10.1 Å². The van der Waals surface area contributed by atoms with Crippen LogP contribution in [0.25, 0.3) is 0 Å². The molecular formula is C19H24N2O4. The quantitative estimate of drug-likeness (QED) is 0.732. The molecule has 1 amide bonds. The summed E-state index contributed by atoms with van der Waals surface area (Å²) < 4.78 is 5.64. The Bertz CT molecular complexity index is 703. The minimum absolute atomic E-state index is 0.149. The van der Waals surface area contributed by atoms with Crippen LogP contribution in [-0.2, 0) is 22.6 Å². The average molecular weight is 344 g/mol. The van der Waals surface area contributed by atoms with Gasteiger partial charge in [0, 0.05) is 26.2 Å². The molecule has 3 rings (SSSR count). The molecule has 0 aliphatic carbocycles. The molecule has 2 fully saturated rings. The Kier molecular flexibility index (Phi) is 4.81. The van der Waals surface area contributed by atoms with E-state index < -0.39 is 17.3 Å². The van der Waals surface area contributed by atoms with Gasteiger partial charge in [-0.3, -0.25) is 14.5 Å². The maximum absolute atomic E-state index is 12.0. The van der Waals surface area contributed by atoms with Crippen molar-refractivity contribution in [3.05, 3.63) is 42.0 Å². The zero-order valence-corrected chi connectivity index (χ0v) is 14.5. The van der Waals surface area contributed by atoms with Crippen molar-refractivity contribution in [2.45, 2.75) is 19.9 Å². The van der Waals surface area contributed by atoms with Crippen LogP contribution >= 0.6 is 0 Å². The SMILES string of the molecule is C=CCc1cc(CN2C[C@H]3C(=O)NC[C@@]3(C(=O)O)C2)ccc1OCC. The summed E-state index contributed by atoms with van der Waals surface area (Å²) in [4.78, 5) is 25.8. The summed E-state index contributed by atoms with van der Waals surface area (Å²) in [6.45, 7) is 8.04. The summed E-state index contributed by atoms with van der Waals surface area (Å²) in [5.74, 6) is -0.660. The lowest BCUT2D eigenvalue weighted by Gasteiger charge is -2.22. The predicted molar refractivity (Wildman–Crippen MR) is 93.4 cm³/mol. The van der Waals surface area contributed by atoms with Gasteiger partial charge in [0.2, 0.25) is 5.91 Å². The van der Waals surface area contributed by atoms with Crippen molar-refractivity contribution in [2.75, 3.05) is 26.2 Å². The molecule has 1 aromatic carbocycles. The normalized spacial score (nSPS) is 25.5. The van der Waals surface area contributed by atoms with Crippen LogP contribution in [0.3, 0.4) is 0 Å². The van der Waals surface area contributed by atoms with E-state index in [9.17, 15) is 14.7 Å². The fourth-order valence-corrected chi connectivity index (χ4v) is 3.90. The lowest BCUT2D eigenvalue weighted by atomic mass is 9.81. The molecule has 134 valence electrons. The summed E-state index contributed by atoms with van der Waals surface area (Å²) in [7, 11) is 0. The van der Waals surface area contributed by atoms with Crippen molar-refractivity contribution in [3.63, 3.8) is 0 Å². The van der Waals surface area contributed by atoms with Gasteiger partial charge in [-0.05, 0) is 30.5 Å². The highest BCUT2D eigenvalue weighted by Gasteiger charge is 2.59. The van der Waals surface area contributed by atoms with Gasteiger partial charge in [0.25, 0.3) is 0 Å². The summed E-state index contributed by atoms with van der Waals surface area (Å²) in [6, 6.07) is 6.03. The van der Waals surface area contributed by atoms with Crippen LogP contribution in [0, 0.1) is 11.3 Å². The van der Waals surface area contributed by atoms with E-state index in [1.807, 2.05) is 25.1 Å². The minimum Gasteiger partial charge on any atom is -0.494 e. The van der Waals surface area contributed by atoms with Crippen LogP contribution in [0.4, 0.5) is 0 Å². The molecular weight excluding hydrogens is 320 g/mol. The third kappa shape index (κ3) is 3.14. The number of amides is 1. The van der Waals surface area contributed by atoms with Crippen molar-refractivity contribution in [2.24, 2.45) is 11.3 Å². The number of benzene rings is 1. The molecule has 2 aliphatic heterocycles. The molecule has 2 atom stereocenters. The molecule has 6 nitrogen and oxygen atoms in total. The van der Waals surface area contributed by atoms with Gasteiger partial charge in [0.05, 0.1) is 12.5 Å². The number of aliphatic carboxylic acids is 1. The first-order chi connectivity index (χ1) is 12.0. The molecule has 0 aromatic heterocycles. The number of hydrogen-bond acceptors (Lipinski definition) is 4. The summed E-state index contributed by atoms with van der Waals surface area (Å²) in [6.07, 6.45) is 2.55. The summed E-state index contributed by atoms with van der Waals surface area (Å²) in [5.41, 5.74) is 1.16. The molecule has 1 aromatic rings. The second-order valence-corrected chi connectivity index (χ2v) is 6.77. The van der Waals surface area contributed by atoms with Crippen molar-refractivity contribution in [1.29, 1.82) is 0 Å². The number of fused-ring (bicyclic) bond motifs is 1. The van der Waals surface area contributed by atoms with Gasteiger partial charge < -0.3 is 15.2 Å². The molecule has 6 heteroatoms. The predicted octanol–water partition coefficient (Wildman–Crippen LogP) is 1.45. The topological polar surface area (TPSA) is 78.9 Å². The molecule has 25 heavy (non-hydrogen) atoms. The van der Waals surface area contributed by atoms with E-state index in [4.69, 9.17) is 4.74 Å². The van der Waals surface area contributed by atoms with Crippen molar-refractivity contribution in [3.8, 4) is 5.75 Å². The zero-order valence-electron chi connectivity index (χ0n) is 14.5. The number of carbonyl (C=O) groups is 2. The number of hydrogen-bond donors (Lipinski definition) is 2. The molecule has 0 bridgehead atoms. The Morgan fingerprint density at radius 3 is 3.00 bits per heavy atom. The van der Waals surface area contributed by atoms with E-state index in [1.165, 1.54) is 0 Å². The Hall–Kier alpha value is -2.34. The smallest absolute Gasteiger partial charge is 0.313 e. The number of carbonyl (C=O) groups excluding carboxylic acids is 1. The number of likely N-dealkylation sites (tertiary alicyclic amines) is 1. The fraction of sp³-hybridized carbons (Fsp3) is 0.474. The first-order valence-electron chi connectivity index (χ1n) is 8.59. The summed E-state index contributed by atoms with van der Waals surface area (Å²) in [5, 5.41) is 12.3. The van der Waals surface area contributed by atoms with Gasteiger partial charge in [-0.25, -0.2) is 0 Å². The Labute approximate surface area is 147 Å². The van der Waals surface area contributed by atoms with E-state index in [2.05, 4.69) is 22.9 Å². The molecule has 0 unspecified atom stereocenters. The second-order valence-electron chi connectivity index (χ2n) is 6.77. The lowest BCUT2D eigenvalue weighted by Crippen LogP contribution is -2.40. The number of nitrogens with one attached hydrogen (secondary N) is 1. The van der Waals surface area contributed by atoms with E-state index in [-0.39, 0.29) is 12.5 Å². The van der Waals surface area contributed by atoms with Gasteiger partial charge in [0.15, 0.2) is 0 Å². The third-order valence-corrected chi connectivity index (χ3v) is 5.13. The number of ether oxygens (including phenoxy) is 1. The van der Waals surface area contributed by atoms with Gasteiger partial charge in [-0.2, -0.15) is 0 Å². The van der Waals surface area contributed by atoms with Gasteiger partial charge >= 0.3 is 5.97 Å². The molecule has 0 saturated carbocycles. The van der Waals surface area contributed by atoms with E-state index >= 15 is 0 Å². The number of nitrogens with zero attached hydrogens (tertiary/aromatic N) is 1. The standard InChI is InChI=1S/C19H24N2O4/c1-3-5-14-8-13(6-7-16(14)25-4-2)9-21-10-15-17(22)20-11-19(15,12-21)18(23)24/h3,6-8,15H,1,4-5,9-12H2,2H3,(H,20,22)(H,23,24)/t15-,19+/m0/s1. The highest BCUT2D eigenvalue weighted by atomic mass is 16.5. The van der Waals surface area contributed by atoms with Gasteiger partial charge in [-0.15, -0.1) is 6.58 Å². The highest BCUT2D eigenvalue weighted by Crippen LogP contribution is 2.40. The lowest BCUT2D eigenvalue weighted by molar-refractivity contribution is -0.149. The largest absolute Gasteiger partial charge is 0.494 e. The highest BCUT2D eigenvalue weighted by molar-refractivity contribution is 5.92. The van der Waals surface area contributed by atoms with E-state index in [0.29, 0.717) is 32.7 Å². The van der Waals surface area contributed by atoms with Crippen molar-refractivity contribution >= 4 is 11.9 Å². The molecule has 0 spiro atoms. The first-order valence-corrected chi connectivity index (χ1v) is 8.59. The maximum atomic E-state index is 12.0. The van der Waals surface area contributed by atoms with Crippen LogP contribution in [-0.4, -0.2) is 48.1 Å². The minimum atomic E-state index is -0.994. The van der Waals surface area contributed by atoms with Crippen LogP contribution in [0.1, 0.15) is 18.1 Å². The second kappa shape index (κ2) is 6.88.